The van der Waals surface area contributed by atoms with Crippen LogP contribution in [0.4, 0.5) is 0 Å². The molecule has 1 aromatic carbocycles. The Morgan fingerprint density at radius 3 is 1.70 bits per heavy atom. The van der Waals surface area contributed by atoms with Gasteiger partial charge in [0, 0.05) is 0 Å². The normalized spacial score (nSPS) is 13.1. The summed E-state index contributed by atoms with van der Waals surface area (Å²) in [5, 5.41) is -1.78. The first-order valence-corrected chi connectivity index (χ1v) is 7.76. The fourth-order valence-electron chi connectivity index (χ4n) is 0.627. The first kappa shape index (κ1) is 8.62. The second-order valence-electron chi connectivity index (χ2n) is 1.86. The van der Waals surface area contributed by atoms with Crippen LogP contribution in [0.2, 0.25) is 0 Å². The average Bonchev–Trinajstić information content (AvgIpc) is 1.88. The minimum atomic E-state index is -2.62. The zero-order chi connectivity index (χ0) is 7.61. The number of halogens is 3. The first-order valence-electron chi connectivity index (χ1n) is 2.73. The molecule has 0 heterocycles. The summed E-state index contributed by atoms with van der Waals surface area (Å²) >= 11 is 17.2. The fourth-order valence-corrected chi connectivity index (χ4v) is 2.33. The second kappa shape index (κ2) is 3.28. The third-order valence-electron chi connectivity index (χ3n) is 1.10. The number of hydrogen-bond donors (Lipinski definition) is 0. The molecule has 0 nitrogen and oxygen atoms in total. The molecule has 0 bridgehead atoms. The van der Waals surface area contributed by atoms with Crippen LogP contribution in [-0.4, -0.2) is 0 Å². The Kier molecular flexibility index (Phi) is 2.82. The van der Waals surface area contributed by atoms with E-state index in [2.05, 4.69) is 0 Å². The maximum absolute atomic E-state index is 5.73. The van der Waals surface area contributed by atoms with E-state index in [1.165, 1.54) is 0 Å². The van der Waals surface area contributed by atoms with Crippen molar-refractivity contribution in [2.75, 3.05) is 0 Å². The predicted octanol–water partition coefficient (Wildman–Crippen LogP) is 3.52. The van der Waals surface area contributed by atoms with E-state index in [9.17, 15) is 0 Å². The molecule has 0 amide bonds. The maximum atomic E-state index is 5.73. The Balaban J connectivity index is 2.97. The van der Waals surface area contributed by atoms with Crippen LogP contribution in [0.3, 0.4) is 0 Å². The fraction of sp³-hybridized carbons (Fsp3) is 0. The van der Waals surface area contributed by atoms with Gasteiger partial charge in [-0.2, -0.15) is 0 Å². The van der Waals surface area contributed by atoms with Gasteiger partial charge in [0.1, 0.15) is 0 Å². The van der Waals surface area contributed by atoms with E-state index in [4.69, 9.17) is 33.7 Å². The number of rotatable bonds is 1. The zero-order valence-electron chi connectivity index (χ0n) is 5.02. The van der Waals surface area contributed by atoms with Crippen molar-refractivity contribution in [1.29, 1.82) is 0 Å². The van der Waals surface area contributed by atoms with Gasteiger partial charge < -0.3 is 0 Å². The molecule has 0 aromatic heterocycles. The summed E-state index contributed by atoms with van der Waals surface area (Å²) in [5.74, 6) is 0. The van der Waals surface area contributed by atoms with Gasteiger partial charge in [-0.05, 0) is 0 Å². The van der Waals surface area contributed by atoms with E-state index in [0.717, 1.165) is 5.30 Å². The molecule has 0 N–H and O–H groups in total. The van der Waals surface area contributed by atoms with Crippen molar-refractivity contribution in [3.8, 4) is 0 Å². The summed E-state index contributed by atoms with van der Waals surface area (Å²) in [6.07, 6.45) is 0. The summed E-state index contributed by atoms with van der Waals surface area (Å²) in [6, 6.07) is 9.29. The second-order valence-corrected chi connectivity index (χ2v) is 10.3. The van der Waals surface area contributed by atoms with E-state index in [-0.39, 0.29) is 0 Å². The molecule has 0 fully saturated rings. The van der Waals surface area contributed by atoms with Gasteiger partial charge in [0.05, 0.1) is 0 Å². The molecule has 0 spiro atoms. The van der Waals surface area contributed by atoms with Gasteiger partial charge >= 0.3 is 74.7 Å². The average molecular weight is 215 g/mol. The molecule has 0 aliphatic heterocycles. The topological polar surface area (TPSA) is 0 Å². The number of benzene rings is 1. The molecular weight excluding hydrogens is 209 g/mol. The Bertz CT molecular complexity index is 204. The van der Waals surface area contributed by atoms with Gasteiger partial charge in [0.2, 0.25) is 0 Å². The third kappa shape index (κ3) is 2.29. The summed E-state index contributed by atoms with van der Waals surface area (Å²) in [4.78, 5) is 0. The van der Waals surface area contributed by atoms with E-state index < -0.39 is 5.32 Å². The van der Waals surface area contributed by atoms with Crippen LogP contribution in [0.25, 0.3) is 0 Å². The van der Waals surface area contributed by atoms with E-state index in [0.29, 0.717) is 0 Å². The van der Waals surface area contributed by atoms with Crippen molar-refractivity contribution in [3.63, 3.8) is 0 Å². The van der Waals surface area contributed by atoms with Crippen LogP contribution in [-0.2, 0) is 0 Å². The molecule has 0 saturated heterocycles. The van der Waals surface area contributed by atoms with Gasteiger partial charge in [0.15, 0.2) is 0 Å². The standard InChI is InChI=1S/C6H6Cl3P/c7-10(8,9)6-4-2-1-3-5-6/h1-5,10H. The molecule has 0 unspecified atom stereocenters. The minimum absolute atomic E-state index is 0.833. The van der Waals surface area contributed by atoms with Crippen LogP contribution < -0.4 is 5.30 Å². The van der Waals surface area contributed by atoms with Crippen molar-refractivity contribution in [2.45, 2.75) is 0 Å². The van der Waals surface area contributed by atoms with Gasteiger partial charge in [-0.15, -0.1) is 0 Å². The van der Waals surface area contributed by atoms with Crippen LogP contribution in [0.5, 0.6) is 0 Å². The first-order chi connectivity index (χ1) is 4.61. The quantitative estimate of drug-likeness (QED) is 0.629. The van der Waals surface area contributed by atoms with Crippen molar-refractivity contribution >= 4 is 44.3 Å². The van der Waals surface area contributed by atoms with Gasteiger partial charge in [-0.25, -0.2) is 0 Å². The molecular formula is C6H6Cl3P. The Morgan fingerprint density at radius 1 is 0.900 bits per heavy atom. The summed E-state index contributed by atoms with van der Waals surface area (Å²) in [5.41, 5.74) is 0. The van der Waals surface area contributed by atoms with Gasteiger partial charge in [0.25, 0.3) is 0 Å². The van der Waals surface area contributed by atoms with E-state index >= 15 is 0 Å². The SMILES string of the molecule is Cl[PH](Cl)(Cl)c1ccccc1. The van der Waals surface area contributed by atoms with Crippen molar-refractivity contribution in [3.05, 3.63) is 30.3 Å². The summed E-state index contributed by atoms with van der Waals surface area (Å²) in [6.45, 7) is 0. The van der Waals surface area contributed by atoms with Gasteiger partial charge in [-0.1, -0.05) is 0 Å². The van der Waals surface area contributed by atoms with Crippen LogP contribution in [0.1, 0.15) is 0 Å². The molecule has 10 heavy (non-hydrogen) atoms. The van der Waals surface area contributed by atoms with Crippen molar-refractivity contribution < 1.29 is 0 Å². The monoisotopic (exact) mass is 214 g/mol. The van der Waals surface area contributed by atoms with Crippen molar-refractivity contribution in [2.24, 2.45) is 0 Å². The third-order valence-corrected chi connectivity index (χ3v) is 4.05. The Labute approximate surface area is 74.8 Å². The predicted molar refractivity (Wildman–Crippen MR) is 52.0 cm³/mol. The summed E-state index contributed by atoms with van der Waals surface area (Å²) < 4.78 is 0. The zero-order valence-corrected chi connectivity index (χ0v) is 8.29. The van der Waals surface area contributed by atoms with E-state index in [1.807, 2.05) is 30.3 Å². The van der Waals surface area contributed by atoms with Gasteiger partial charge in [-0.3, -0.25) is 0 Å². The Morgan fingerprint density at radius 2 is 1.40 bits per heavy atom. The molecule has 1 aromatic rings. The van der Waals surface area contributed by atoms with Crippen LogP contribution in [0.15, 0.2) is 30.3 Å². The molecule has 4 heteroatoms. The molecule has 0 saturated carbocycles. The molecule has 0 aliphatic rings. The van der Waals surface area contributed by atoms with Crippen LogP contribution >= 0.6 is 39.0 Å². The Hall–Kier alpha value is 0.520. The number of hydrogen-bond acceptors (Lipinski definition) is 0. The van der Waals surface area contributed by atoms with Crippen molar-refractivity contribution in [1.82, 2.24) is 0 Å². The molecule has 0 radical (unpaired) electrons. The van der Waals surface area contributed by atoms with Crippen LogP contribution in [0, 0.1) is 0 Å². The molecule has 0 atom stereocenters. The molecule has 1 rings (SSSR count). The molecule has 0 aliphatic carbocycles. The summed E-state index contributed by atoms with van der Waals surface area (Å²) in [7, 11) is 0. The molecule has 56 valence electrons. The van der Waals surface area contributed by atoms with E-state index in [1.54, 1.807) is 0 Å².